The van der Waals surface area contributed by atoms with Gasteiger partial charge in [0.15, 0.2) is 0 Å². The van der Waals surface area contributed by atoms with Crippen LogP contribution in [0.25, 0.3) is 0 Å². The fourth-order valence-corrected chi connectivity index (χ4v) is 0. The molecule has 0 aliphatic carbocycles. The van der Waals surface area contributed by atoms with Crippen LogP contribution in [0.3, 0.4) is 0 Å². The molecule has 0 amide bonds. The Kier molecular flexibility index (Phi) is 20.3. The van der Waals surface area contributed by atoms with Gasteiger partial charge in [-0.3, -0.25) is 0 Å². The van der Waals surface area contributed by atoms with Crippen LogP contribution < -0.4 is 0 Å². The van der Waals surface area contributed by atoms with E-state index >= 15 is 0 Å². The van der Waals surface area contributed by atoms with Crippen molar-refractivity contribution in [3.05, 3.63) is 0 Å². The first kappa shape index (κ1) is 17.9. The zero-order valence-corrected chi connectivity index (χ0v) is 13.4. The fraction of sp³-hybridized carbons (Fsp3) is 0. The normalized spacial score (nSPS) is 9.00. The number of hydrogen-bond acceptors (Lipinski definition) is 2. The van der Waals surface area contributed by atoms with E-state index in [1.807, 2.05) is 0 Å². The summed E-state index contributed by atoms with van der Waals surface area (Å²) >= 11 is 0.945. The third-order valence-corrected chi connectivity index (χ3v) is 1.76. The van der Waals surface area contributed by atoms with Gasteiger partial charge in [0, 0.05) is 77.3 Å². The van der Waals surface area contributed by atoms with Crippen LogP contribution in [0.15, 0.2) is 0 Å². The largest absolute Gasteiger partial charge is 0 e. The quantitative estimate of drug-likeness (QED) is 0.448. The predicted molar refractivity (Wildman–Crippen MR) is 13.1 cm³/mol. The molecule has 0 fully saturated rings. The minimum Gasteiger partial charge on any atom is 0 e. The average Bonchev–Trinajstić information content (AvgIpc) is 1.35. The Morgan fingerprint density at radius 1 is 1.50 bits per heavy atom. The van der Waals surface area contributed by atoms with Gasteiger partial charge >= 0.3 is 60.5 Å². The van der Waals surface area contributed by atoms with Crippen molar-refractivity contribution in [3.63, 3.8) is 0 Å². The molecule has 47 valence electrons. The van der Waals surface area contributed by atoms with E-state index in [1.165, 1.54) is 0 Å². The van der Waals surface area contributed by atoms with E-state index in [0.29, 0.717) is 0 Å². The van der Waals surface area contributed by atoms with Crippen LogP contribution in [-0.2, 0) is 5.69 Å². The number of phosphoric acid groups is 1. The second-order valence-corrected chi connectivity index (χ2v) is 2.83. The van der Waals surface area contributed by atoms with Crippen molar-refractivity contribution in [2.75, 3.05) is 0 Å². The molecule has 0 aliphatic rings. The van der Waals surface area contributed by atoms with E-state index in [-0.39, 0.29) is 77.3 Å². The number of rotatable bonds is 1. The second-order valence-electron chi connectivity index (χ2n) is 0.551. The summed E-state index contributed by atoms with van der Waals surface area (Å²) in [6.45, 7) is 0. The average molecular weight is 535 g/mol. The van der Waals surface area contributed by atoms with Crippen molar-refractivity contribution in [2.45, 2.75) is 0 Å². The van der Waals surface area contributed by atoms with Crippen LogP contribution in [0.1, 0.15) is 0 Å². The molecule has 0 heterocycles. The summed E-state index contributed by atoms with van der Waals surface area (Å²) in [6, 6.07) is 0. The van der Waals surface area contributed by atoms with Crippen LogP contribution in [0, 0.1) is 115 Å². The molecule has 0 bridgehead atoms. The van der Waals surface area contributed by atoms with Gasteiger partial charge in [-0.2, -0.15) is 0 Å². The molecule has 8 heteroatoms. The zero-order valence-electron chi connectivity index (χ0n) is 3.57. The first-order valence-electron chi connectivity index (χ1n) is 0.901. The van der Waals surface area contributed by atoms with Crippen molar-refractivity contribution in [1.29, 1.82) is 0 Å². The van der Waals surface area contributed by atoms with Gasteiger partial charge < -0.3 is 0 Å². The Morgan fingerprint density at radius 2 is 1.62 bits per heavy atom. The topological polar surface area (TPSA) is 66.8 Å². The van der Waals surface area contributed by atoms with Gasteiger partial charge in [0.1, 0.15) is 0 Å². The summed E-state index contributed by atoms with van der Waals surface area (Å²) in [5.74, 6) is 0. The van der Waals surface area contributed by atoms with E-state index < -0.39 is 7.82 Å². The zero-order chi connectivity index (χ0) is 5.21. The van der Waals surface area contributed by atoms with Crippen LogP contribution >= 0.6 is 7.82 Å². The van der Waals surface area contributed by atoms with Crippen molar-refractivity contribution in [2.24, 2.45) is 0 Å². The van der Waals surface area contributed by atoms with E-state index in [4.69, 9.17) is 9.79 Å². The maximum Gasteiger partial charge on any atom is 0 e. The standard InChI is InChI=1S/Ce.La.H3O4P.Tb/c;;1-5(2,3)4;/h;;(H3,1,2,3,4);/q;;;+1/p-1. The molecular formula is H2CeLaO4PTb. The maximum atomic E-state index is 9.47. The molecule has 0 rings (SSSR count). The molecule has 0 unspecified atom stereocenters. The fourth-order valence-electron chi connectivity index (χ4n) is 0. The van der Waals surface area contributed by atoms with Gasteiger partial charge in [0.05, 0.1) is 0 Å². The molecular weight excluding hydrogens is 533 g/mol. The third kappa shape index (κ3) is 16.5. The summed E-state index contributed by atoms with van der Waals surface area (Å²) in [4.78, 5) is 15.4. The Bertz CT molecular complexity index is 80.1. The smallest absolute Gasteiger partial charge is 0 e. The summed E-state index contributed by atoms with van der Waals surface area (Å²) in [7, 11) is -4.15. The second kappa shape index (κ2) is 9.06. The number of hydrogen-bond donors (Lipinski definition) is 2. The molecule has 1 radical (unpaired) electrons. The minimum atomic E-state index is -4.15. The molecule has 0 atom stereocenters. The Morgan fingerprint density at radius 3 is 1.62 bits per heavy atom. The summed E-state index contributed by atoms with van der Waals surface area (Å²) < 4.78 is 13.1. The summed E-state index contributed by atoms with van der Waals surface area (Å²) in [6.07, 6.45) is 0. The Hall–Kier alpha value is 3.97. The van der Waals surface area contributed by atoms with Gasteiger partial charge in [-0.1, -0.05) is 0 Å². The molecule has 0 spiro atoms. The van der Waals surface area contributed by atoms with E-state index in [2.05, 4.69) is 1.12 Å². The van der Waals surface area contributed by atoms with Crippen molar-refractivity contribution < 1.29 is 130 Å². The van der Waals surface area contributed by atoms with Crippen molar-refractivity contribution in [3.8, 4) is 0 Å². The molecule has 0 saturated heterocycles. The minimum absolute atomic E-state index is 0. The van der Waals surface area contributed by atoms with Crippen LogP contribution in [0.5, 0.6) is 0 Å². The van der Waals surface area contributed by atoms with Crippen LogP contribution in [0.4, 0.5) is 0 Å². The Labute approximate surface area is 134 Å². The first-order valence-corrected chi connectivity index (χ1v) is 3.30. The summed E-state index contributed by atoms with van der Waals surface area (Å²) in [5, 5.41) is 0. The monoisotopic (exact) mass is 535 g/mol. The van der Waals surface area contributed by atoms with Gasteiger partial charge in [0.2, 0.25) is 0 Å². The van der Waals surface area contributed by atoms with Crippen LogP contribution in [-0.4, -0.2) is 9.79 Å². The third-order valence-electron chi connectivity index (χ3n) is 0.0793. The Balaban J connectivity index is -0.000000125. The maximum absolute atomic E-state index is 9.47. The van der Waals surface area contributed by atoms with Gasteiger partial charge in [0.25, 0.3) is 0 Å². The molecule has 0 aromatic heterocycles. The van der Waals surface area contributed by atoms with E-state index in [1.54, 1.807) is 0 Å². The van der Waals surface area contributed by atoms with Gasteiger partial charge in [-0.15, -0.1) is 0 Å². The van der Waals surface area contributed by atoms with E-state index in [0.717, 1.165) is 37.2 Å². The molecule has 8 heavy (non-hydrogen) atoms. The molecule has 0 aromatic rings. The molecule has 0 aromatic carbocycles. The van der Waals surface area contributed by atoms with Gasteiger partial charge in [-0.25, -0.2) is 0 Å². The van der Waals surface area contributed by atoms with E-state index in [9.17, 15) is 4.57 Å². The van der Waals surface area contributed by atoms with Gasteiger partial charge in [-0.05, 0) is 0 Å². The molecule has 0 aliphatic heterocycles. The molecule has 0 saturated carbocycles. The predicted octanol–water partition coefficient (Wildman–Crippen LogP) is -0.440. The van der Waals surface area contributed by atoms with Crippen LogP contribution in [0.2, 0.25) is 0 Å². The molecule has 4 nitrogen and oxygen atoms in total. The first-order chi connectivity index (χ1) is 2.56. The molecule has 2 N–H and O–H groups in total. The summed E-state index contributed by atoms with van der Waals surface area (Å²) in [5.41, 5.74) is 0. The van der Waals surface area contributed by atoms with Crippen molar-refractivity contribution in [1.82, 2.24) is 0 Å². The van der Waals surface area contributed by atoms with Crippen molar-refractivity contribution >= 4 is 7.82 Å². The SMILES string of the molecule is O=P(O)(O)[O][Tb].[Ce].[La].